The summed E-state index contributed by atoms with van der Waals surface area (Å²) >= 11 is 0. The topological polar surface area (TPSA) is 70.2 Å². The summed E-state index contributed by atoms with van der Waals surface area (Å²) < 4.78 is 0. The Labute approximate surface area is 135 Å². The predicted octanol–water partition coefficient (Wildman–Crippen LogP) is 2.63. The van der Waals surface area contributed by atoms with Gasteiger partial charge in [0.15, 0.2) is 0 Å². The van der Waals surface area contributed by atoms with E-state index in [2.05, 4.69) is 16.0 Å². The van der Waals surface area contributed by atoms with Crippen LogP contribution in [-0.4, -0.2) is 24.4 Å². The second-order valence-electron chi connectivity index (χ2n) is 5.60. The fourth-order valence-corrected chi connectivity index (χ4v) is 2.18. The third kappa shape index (κ3) is 4.57. The third-order valence-electron chi connectivity index (χ3n) is 3.55. The average Bonchev–Trinajstić information content (AvgIpc) is 3.38. The number of benzene rings is 2. The molecule has 1 saturated carbocycles. The minimum absolute atomic E-state index is 0.0917. The Bertz CT molecular complexity index is 696. The van der Waals surface area contributed by atoms with Crippen molar-refractivity contribution < 1.29 is 9.59 Å². The summed E-state index contributed by atoms with van der Waals surface area (Å²) in [7, 11) is 0. The first-order valence-electron chi connectivity index (χ1n) is 7.70. The molecule has 3 rings (SSSR count). The van der Waals surface area contributed by atoms with Crippen LogP contribution in [0, 0.1) is 0 Å². The minimum atomic E-state index is -0.159. The van der Waals surface area contributed by atoms with E-state index in [0.717, 1.165) is 18.5 Å². The number of hydrogen-bond donors (Lipinski definition) is 3. The van der Waals surface area contributed by atoms with Crippen LogP contribution >= 0.6 is 0 Å². The Balaban J connectivity index is 1.54. The summed E-state index contributed by atoms with van der Waals surface area (Å²) in [5, 5.41) is 8.77. The van der Waals surface area contributed by atoms with Crippen molar-refractivity contribution >= 4 is 23.2 Å². The number of nitrogens with one attached hydrogen (secondary N) is 3. The number of hydrogen-bond acceptors (Lipinski definition) is 3. The summed E-state index contributed by atoms with van der Waals surface area (Å²) in [5.74, 6) is -0.250. The lowest BCUT2D eigenvalue weighted by molar-refractivity contribution is -0.114. The lowest BCUT2D eigenvalue weighted by Crippen LogP contribution is -2.26. The molecule has 5 nitrogen and oxygen atoms in total. The fourth-order valence-electron chi connectivity index (χ4n) is 2.18. The minimum Gasteiger partial charge on any atom is -0.376 e. The Morgan fingerprint density at radius 2 is 1.70 bits per heavy atom. The quantitative estimate of drug-likeness (QED) is 0.768. The van der Waals surface area contributed by atoms with Crippen molar-refractivity contribution in [2.45, 2.75) is 18.9 Å². The highest BCUT2D eigenvalue weighted by atomic mass is 16.2. The molecule has 5 heteroatoms. The van der Waals surface area contributed by atoms with Crippen molar-refractivity contribution in [3.8, 4) is 0 Å². The van der Waals surface area contributed by atoms with Crippen molar-refractivity contribution in [2.24, 2.45) is 0 Å². The van der Waals surface area contributed by atoms with Crippen molar-refractivity contribution in [2.75, 3.05) is 17.2 Å². The maximum absolute atomic E-state index is 12.0. The molecule has 0 saturated heterocycles. The van der Waals surface area contributed by atoms with E-state index in [1.165, 1.54) is 0 Å². The van der Waals surface area contributed by atoms with Gasteiger partial charge < -0.3 is 16.0 Å². The van der Waals surface area contributed by atoms with E-state index < -0.39 is 0 Å². The number of anilines is 2. The number of carbonyl (C=O) groups is 2. The van der Waals surface area contributed by atoms with Gasteiger partial charge in [-0.3, -0.25) is 9.59 Å². The van der Waals surface area contributed by atoms with E-state index in [-0.39, 0.29) is 18.4 Å². The van der Waals surface area contributed by atoms with E-state index in [9.17, 15) is 9.59 Å². The van der Waals surface area contributed by atoms with Crippen LogP contribution in [0.25, 0.3) is 0 Å². The number of amides is 2. The van der Waals surface area contributed by atoms with Gasteiger partial charge in [0.1, 0.15) is 0 Å². The molecule has 0 spiro atoms. The molecule has 0 radical (unpaired) electrons. The van der Waals surface area contributed by atoms with Crippen molar-refractivity contribution in [1.82, 2.24) is 5.32 Å². The molecule has 23 heavy (non-hydrogen) atoms. The molecule has 1 aliphatic rings. The van der Waals surface area contributed by atoms with Gasteiger partial charge in [-0.2, -0.15) is 0 Å². The van der Waals surface area contributed by atoms with E-state index in [1.54, 1.807) is 24.3 Å². The highest BCUT2D eigenvalue weighted by molar-refractivity contribution is 5.98. The van der Waals surface area contributed by atoms with Gasteiger partial charge in [-0.15, -0.1) is 0 Å². The second kappa shape index (κ2) is 6.96. The van der Waals surface area contributed by atoms with Crippen LogP contribution < -0.4 is 16.0 Å². The van der Waals surface area contributed by atoms with Gasteiger partial charge in [0.2, 0.25) is 5.91 Å². The zero-order valence-electron chi connectivity index (χ0n) is 12.7. The van der Waals surface area contributed by atoms with Crippen LogP contribution in [0.4, 0.5) is 11.4 Å². The lowest BCUT2D eigenvalue weighted by atomic mass is 10.2. The first-order valence-corrected chi connectivity index (χ1v) is 7.70. The highest BCUT2D eigenvalue weighted by Gasteiger charge is 2.23. The molecular weight excluding hydrogens is 290 g/mol. The van der Waals surface area contributed by atoms with Crippen molar-refractivity contribution in [3.05, 3.63) is 60.2 Å². The Hall–Kier alpha value is -2.82. The summed E-state index contributed by atoms with van der Waals surface area (Å²) in [5.41, 5.74) is 2.07. The first kappa shape index (κ1) is 15.1. The van der Waals surface area contributed by atoms with Crippen LogP contribution in [0.1, 0.15) is 23.2 Å². The Morgan fingerprint density at radius 1 is 0.957 bits per heavy atom. The maximum atomic E-state index is 12.0. The maximum Gasteiger partial charge on any atom is 0.251 e. The van der Waals surface area contributed by atoms with E-state index >= 15 is 0 Å². The summed E-state index contributed by atoms with van der Waals surface area (Å²) in [4.78, 5) is 24.0. The number of rotatable bonds is 6. The van der Waals surface area contributed by atoms with Crippen LogP contribution in [0.15, 0.2) is 54.6 Å². The first-order chi connectivity index (χ1) is 11.2. The van der Waals surface area contributed by atoms with Gasteiger partial charge in [-0.25, -0.2) is 0 Å². The monoisotopic (exact) mass is 309 g/mol. The van der Waals surface area contributed by atoms with Crippen LogP contribution in [0.5, 0.6) is 0 Å². The Kier molecular flexibility index (Phi) is 4.57. The highest BCUT2D eigenvalue weighted by Crippen LogP contribution is 2.20. The molecule has 0 unspecified atom stereocenters. The van der Waals surface area contributed by atoms with Crippen LogP contribution in [0.2, 0.25) is 0 Å². The molecule has 1 aliphatic carbocycles. The van der Waals surface area contributed by atoms with Crippen LogP contribution in [0.3, 0.4) is 0 Å². The second-order valence-corrected chi connectivity index (χ2v) is 5.60. The third-order valence-corrected chi connectivity index (χ3v) is 3.55. The SMILES string of the molecule is O=C(CNc1ccccc1)Nc1cccc(C(=O)NC2CC2)c1. The van der Waals surface area contributed by atoms with Gasteiger partial charge in [-0.1, -0.05) is 24.3 Å². The standard InChI is InChI=1S/C18H19N3O2/c22-17(12-19-14-6-2-1-3-7-14)20-16-8-4-5-13(11-16)18(23)21-15-9-10-15/h1-8,11,15,19H,9-10,12H2,(H,20,22)(H,21,23). The number of carbonyl (C=O) groups excluding carboxylic acids is 2. The average molecular weight is 309 g/mol. The normalized spacial score (nSPS) is 13.2. The van der Waals surface area contributed by atoms with Crippen molar-refractivity contribution in [3.63, 3.8) is 0 Å². The van der Waals surface area contributed by atoms with Gasteiger partial charge in [0.05, 0.1) is 6.54 Å². The molecule has 2 amide bonds. The van der Waals surface area contributed by atoms with E-state index in [4.69, 9.17) is 0 Å². The lowest BCUT2D eigenvalue weighted by Gasteiger charge is -2.09. The van der Waals surface area contributed by atoms with Gasteiger partial charge in [-0.05, 0) is 43.2 Å². The predicted molar refractivity (Wildman–Crippen MR) is 90.5 cm³/mol. The molecule has 118 valence electrons. The van der Waals surface area contributed by atoms with E-state index in [1.807, 2.05) is 30.3 Å². The van der Waals surface area contributed by atoms with Gasteiger partial charge >= 0.3 is 0 Å². The molecule has 2 aromatic rings. The molecule has 1 fully saturated rings. The fraction of sp³-hybridized carbons (Fsp3) is 0.222. The summed E-state index contributed by atoms with van der Waals surface area (Å²) in [6.45, 7) is 0.169. The smallest absolute Gasteiger partial charge is 0.251 e. The molecular formula is C18H19N3O2. The number of para-hydroxylation sites is 1. The zero-order valence-corrected chi connectivity index (χ0v) is 12.7. The molecule has 0 heterocycles. The molecule has 0 aromatic heterocycles. The molecule has 0 atom stereocenters. The molecule has 2 aromatic carbocycles. The Morgan fingerprint density at radius 3 is 2.43 bits per heavy atom. The molecule has 0 aliphatic heterocycles. The molecule has 0 bridgehead atoms. The summed E-state index contributed by atoms with van der Waals surface area (Å²) in [6.07, 6.45) is 2.10. The summed E-state index contributed by atoms with van der Waals surface area (Å²) in [6, 6.07) is 16.8. The van der Waals surface area contributed by atoms with Gasteiger partial charge in [0.25, 0.3) is 5.91 Å². The van der Waals surface area contributed by atoms with Crippen molar-refractivity contribution in [1.29, 1.82) is 0 Å². The van der Waals surface area contributed by atoms with E-state index in [0.29, 0.717) is 17.3 Å². The molecule has 3 N–H and O–H groups in total. The van der Waals surface area contributed by atoms with Gasteiger partial charge in [0, 0.05) is 23.0 Å². The van der Waals surface area contributed by atoms with Crippen LogP contribution in [-0.2, 0) is 4.79 Å². The zero-order chi connectivity index (χ0) is 16.1. The largest absolute Gasteiger partial charge is 0.376 e.